The number of nitrogens with one attached hydrogen (secondary N) is 3. The first-order valence-electron chi connectivity index (χ1n) is 5.81. The van der Waals surface area contributed by atoms with Crippen LogP contribution in [0.2, 0.25) is 0 Å². The summed E-state index contributed by atoms with van der Waals surface area (Å²) in [6.45, 7) is 1.90. The van der Waals surface area contributed by atoms with E-state index >= 15 is 0 Å². The van der Waals surface area contributed by atoms with Crippen molar-refractivity contribution >= 4 is 11.7 Å². The van der Waals surface area contributed by atoms with E-state index in [0.717, 1.165) is 25.9 Å². The Morgan fingerprint density at radius 2 is 1.88 bits per heavy atom. The Morgan fingerprint density at radius 1 is 1.24 bits per heavy atom. The fraction of sp³-hybridized carbons (Fsp3) is 0.417. The van der Waals surface area contributed by atoms with Crippen molar-refractivity contribution in [2.75, 3.05) is 18.4 Å². The molecule has 1 heterocycles. The molecule has 1 fully saturated rings. The minimum Gasteiger partial charge on any atom is -0.508 e. The quantitative estimate of drug-likeness (QED) is 0.583. The fourth-order valence-electron chi connectivity index (χ4n) is 1.86. The molecule has 0 spiro atoms. The van der Waals surface area contributed by atoms with Crippen LogP contribution in [0.15, 0.2) is 24.3 Å². The lowest BCUT2D eigenvalue weighted by Crippen LogP contribution is -2.44. The first kappa shape index (κ1) is 11.7. The summed E-state index contributed by atoms with van der Waals surface area (Å²) in [5.41, 5.74) is 0.675. The van der Waals surface area contributed by atoms with Gasteiger partial charge in [0.2, 0.25) is 0 Å². The number of rotatable bonds is 2. The van der Waals surface area contributed by atoms with Crippen LogP contribution in [-0.2, 0) is 0 Å². The molecule has 5 heteroatoms. The lowest BCUT2D eigenvalue weighted by atomic mass is 10.1. The van der Waals surface area contributed by atoms with Gasteiger partial charge < -0.3 is 21.1 Å². The molecule has 2 amide bonds. The molecule has 5 nitrogen and oxygen atoms in total. The number of carbonyl (C=O) groups excluding carboxylic acids is 1. The van der Waals surface area contributed by atoms with Crippen molar-refractivity contribution in [3.63, 3.8) is 0 Å². The second-order valence-corrected chi connectivity index (χ2v) is 4.17. The van der Waals surface area contributed by atoms with Gasteiger partial charge in [0.25, 0.3) is 0 Å². The van der Waals surface area contributed by atoms with Crippen LogP contribution in [0, 0.1) is 0 Å². The van der Waals surface area contributed by atoms with Gasteiger partial charge in [0.15, 0.2) is 0 Å². The highest BCUT2D eigenvalue weighted by molar-refractivity contribution is 5.89. The van der Waals surface area contributed by atoms with Gasteiger partial charge in [0.1, 0.15) is 5.75 Å². The number of piperidine rings is 1. The van der Waals surface area contributed by atoms with Crippen LogP contribution >= 0.6 is 0 Å². The summed E-state index contributed by atoms with van der Waals surface area (Å²) in [6, 6.07) is 6.46. The molecule has 1 aliphatic heterocycles. The molecule has 0 unspecified atom stereocenters. The van der Waals surface area contributed by atoms with E-state index in [1.165, 1.54) is 0 Å². The maximum absolute atomic E-state index is 11.7. The number of benzene rings is 1. The van der Waals surface area contributed by atoms with Crippen LogP contribution in [0.25, 0.3) is 0 Å². The monoisotopic (exact) mass is 235 g/mol. The molecule has 0 aliphatic carbocycles. The van der Waals surface area contributed by atoms with E-state index in [2.05, 4.69) is 16.0 Å². The highest BCUT2D eigenvalue weighted by atomic mass is 16.3. The zero-order chi connectivity index (χ0) is 12.1. The van der Waals surface area contributed by atoms with Gasteiger partial charge in [-0.1, -0.05) is 0 Å². The number of urea groups is 1. The molecule has 4 N–H and O–H groups in total. The molecular formula is C12H17N3O2. The summed E-state index contributed by atoms with van der Waals surface area (Å²) in [5, 5.41) is 18.0. The van der Waals surface area contributed by atoms with Gasteiger partial charge in [0, 0.05) is 11.7 Å². The molecule has 0 atom stereocenters. The highest BCUT2D eigenvalue weighted by Crippen LogP contribution is 2.13. The Bertz CT molecular complexity index is 372. The number of hydrogen-bond acceptors (Lipinski definition) is 3. The standard InChI is InChI=1S/C12H17N3O2/c16-11-3-1-9(2-4-11)14-12(17)15-10-5-7-13-8-6-10/h1-4,10,13,16H,5-8H2,(H2,14,15,17). The molecule has 1 aromatic carbocycles. The first-order valence-corrected chi connectivity index (χ1v) is 5.81. The third-order valence-electron chi connectivity index (χ3n) is 2.80. The summed E-state index contributed by atoms with van der Waals surface area (Å²) in [7, 11) is 0. The molecule has 1 aromatic rings. The number of hydrogen-bond donors (Lipinski definition) is 4. The molecule has 0 saturated carbocycles. The van der Waals surface area contributed by atoms with Crippen molar-refractivity contribution in [3.8, 4) is 5.75 Å². The number of aromatic hydroxyl groups is 1. The molecule has 0 radical (unpaired) electrons. The van der Waals surface area contributed by atoms with Crippen LogP contribution in [0.4, 0.5) is 10.5 Å². The van der Waals surface area contributed by atoms with Gasteiger partial charge in [-0.15, -0.1) is 0 Å². The second kappa shape index (κ2) is 5.54. The average Bonchev–Trinajstić information content (AvgIpc) is 2.33. The van der Waals surface area contributed by atoms with E-state index in [1.807, 2.05) is 0 Å². The highest BCUT2D eigenvalue weighted by Gasteiger charge is 2.14. The van der Waals surface area contributed by atoms with Crippen molar-refractivity contribution in [2.24, 2.45) is 0 Å². The minimum atomic E-state index is -0.192. The van der Waals surface area contributed by atoms with Crippen LogP contribution in [0.3, 0.4) is 0 Å². The fourth-order valence-corrected chi connectivity index (χ4v) is 1.86. The zero-order valence-corrected chi connectivity index (χ0v) is 9.57. The Balaban J connectivity index is 1.82. The summed E-state index contributed by atoms with van der Waals surface area (Å²) >= 11 is 0. The smallest absolute Gasteiger partial charge is 0.319 e. The number of phenols is 1. The molecule has 1 saturated heterocycles. The van der Waals surface area contributed by atoms with Gasteiger partial charge in [-0.05, 0) is 50.2 Å². The van der Waals surface area contributed by atoms with E-state index < -0.39 is 0 Å². The number of carbonyl (C=O) groups is 1. The first-order chi connectivity index (χ1) is 8.24. The van der Waals surface area contributed by atoms with Crippen molar-refractivity contribution in [3.05, 3.63) is 24.3 Å². The van der Waals surface area contributed by atoms with E-state index in [4.69, 9.17) is 5.11 Å². The topological polar surface area (TPSA) is 73.4 Å². The van der Waals surface area contributed by atoms with Gasteiger partial charge >= 0.3 is 6.03 Å². The Labute approximate surface area is 100 Å². The van der Waals surface area contributed by atoms with Crippen LogP contribution in [0.1, 0.15) is 12.8 Å². The molecule has 0 aromatic heterocycles. The Hall–Kier alpha value is -1.75. The van der Waals surface area contributed by atoms with E-state index in [9.17, 15) is 4.79 Å². The van der Waals surface area contributed by atoms with Gasteiger partial charge in [-0.3, -0.25) is 0 Å². The average molecular weight is 235 g/mol. The molecule has 17 heavy (non-hydrogen) atoms. The molecule has 1 aliphatic rings. The summed E-state index contributed by atoms with van der Waals surface area (Å²) < 4.78 is 0. The van der Waals surface area contributed by atoms with Gasteiger partial charge in [0.05, 0.1) is 0 Å². The summed E-state index contributed by atoms with van der Waals surface area (Å²) in [5.74, 6) is 0.189. The normalized spacial score (nSPS) is 16.5. The third-order valence-corrected chi connectivity index (χ3v) is 2.80. The predicted octanol–water partition coefficient (Wildman–Crippen LogP) is 1.27. The van der Waals surface area contributed by atoms with E-state index in [0.29, 0.717) is 5.69 Å². The Morgan fingerprint density at radius 3 is 2.53 bits per heavy atom. The minimum absolute atomic E-state index is 0.189. The predicted molar refractivity (Wildman–Crippen MR) is 66.2 cm³/mol. The van der Waals surface area contributed by atoms with Gasteiger partial charge in [-0.2, -0.15) is 0 Å². The van der Waals surface area contributed by atoms with Crippen LogP contribution in [0.5, 0.6) is 5.75 Å². The van der Waals surface area contributed by atoms with Crippen molar-refractivity contribution in [1.82, 2.24) is 10.6 Å². The summed E-state index contributed by atoms with van der Waals surface area (Å²) in [4.78, 5) is 11.7. The molecule has 2 rings (SSSR count). The third kappa shape index (κ3) is 3.64. The number of anilines is 1. The van der Waals surface area contributed by atoms with Crippen LogP contribution < -0.4 is 16.0 Å². The molecule has 0 bridgehead atoms. The van der Waals surface area contributed by atoms with Crippen molar-refractivity contribution in [1.29, 1.82) is 0 Å². The van der Waals surface area contributed by atoms with Crippen molar-refractivity contribution in [2.45, 2.75) is 18.9 Å². The largest absolute Gasteiger partial charge is 0.508 e. The summed E-state index contributed by atoms with van der Waals surface area (Å²) in [6.07, 6.45) is 1.92. The van der Waals surface area contributed by atoms with E-state index in [-0.39, 0.29) is 17.8 Å². The number of amides is 2. The lowest BCUT2D eigenvalue weighted by molar-refractivity contribution is 0.245. The molecular weight excluding hydrogens is 218 g/mol. The van der Waals surface area contributed by atoms with Gasteiger partial charge in [-0.25, -0.2) is 4.79 Å². The Kier molecular flexibility index (Phi) is 3.82. The second-order valence-electron chi connectivity index (χ2n) is 4.17. The van der Waals surface area contributed by atoms with E-state index in [1.54, 1.807) is 24.3 Å². The lowest BCUT2D eigenvalue weighted by Gasteiger charge is -2.23. The maximum atomic E-state index is 11.7. The zero-order valence-electron chi connectivity index (χ0n) is 9.57. The van der Waals surface area contributed by atoms with Crippen LogP contribution in [-0.4, -0.2) is 30.3 Å². The molecule has 92 valence electrons. The van der Waals surface area contributed by atoms with Crippen molar-refractivity contribution < 1.29 is 9.90 Å². The SMILES string of the molecule is O=C(Nc1ccc(O)cc1)NC1CCNCC1. The maximum Gasteiger partial charge on any atom is 0.319 e. The number of phenolic OH excluding ortho intramolecular Hbond substituents is 1.